The first-order chi connectivity index (χ1) is 6.90. The van der Waals surface area contributed by atoms with Crippen molar-refractivity contribution in [1.29, 1.82) is 5.26 Å². The lowest BCUT2D eigenvalue weighted by molar-refractivity contribution is 0.409. The lowest BCUT2D eigenvalue weighted by atomic mass is 9.83. The molecule has 0 atom stereocenters. The average Bonchev–Trinajstić information content (AvgIpc) is 2.13. The average molecular weight is 187 g/mol. The van der Waals surface area contributed by atoms with Gasteiger partial charge in [-0.2, -0.15) is 5.26 Å². The molecule has 0 spiro atoms. The van der Waals surface area contributed by atoms with Crippen LogP contribution in [0.5, 0.6) is 0 Å². The smallest absolute Gasteiger partial charge is 0.129 e. The van der Waals surface area contributed by atoms with Crippen molar-refractivity contribution in [3.05, 3.63) is 23.8 Å². The Hall–Kier alpha value is -1.43. The largest absolute Gasteiger partial charge is 0.241 e. The Morgan fingerprint density at radius 3 is 3.00 bits per heavy atom. The molecule has 1 aliphatic rings. The highest BCUT2D eigenvalue weighted by atomic mass is 14.9. The van der Waals surface area contributed by atoms with Gasteiger partial charge in [-0.25, -0.2) is 9.97 Å². The van der Waals surface area contributed by atoms with Crippen LogP contribution >= 0.6 is 0 Å². The summed E-state index contributed by atoms with van der Waals surface area (Å²) in [6.45, 7) is 0. The van der Waals surface area contributed by atoms with Crippen molar-refractivity contribution in [2.45, 2.75) is 38.0 Å². The van der Waals surface area contributed by atoms with Crippen molar-refractivity contribution in [2.75, 3.05) is 0 Å². The van der Waals surface area contributed by atoms with E-state index in [2.05, 4.69) is 16.0 Å². The fourth-order valence-corrected chi connectivity index (χ4v) is 1.63. The highest BCUT2D eigenvalue weighted by molar-refractivity contribution is 5.11. The summed E-state index contributed by atoms with van der Waals surface area (Å²) in [7, 11) is 0. The SMILES string of the molecule is N#CCCc1nccc(C2CCC2)n1. The van der Waals surface area contributed by atoms with Gasteiger partial charge in [-0.15, -0.1) is 0 Å². The number of aromatic nitrogens is 2. The van der Waals surface area contributed by atoms with Crippen molar-refractivity contribution in [2.24, 2.45) is 0 Å². The summed E-state index contributed by atoms with van der Waals surface area (Å²) in [5.41, 5.74) is 1.17. The Morgan fingerprint density at radius 1 is 1.50 bits per heavy atom. The molecule has 72 valence electrons. The third-order valence-corrected chi connectivity index (χ3v) is 2.71. The van der Waals surface area contributed by atoms with E-state index in [4.69, 9.17) is 5.26 Å². The van der Waals surface area contributed by atoms with Crippen molar-refractivity contribution in [3.63, 3.8) is 0 Å². The van der Waals surface area contributed by atoms with E-state index in [0.29, 0.717) is 18.8 Å². The van der Waals surface area contributed by atoms with Crippen LogP contribution in [-0.2, 0) is 6.42 Å². The fraction of sp³-hybridized carbons (Fsp3) is 0.545. The van der Waals surface area contributed by atoms with Gasteiger partial charge >= 0.3 is 0 Å². The normalized spacial score (nSPS) is 15.9. The Balaban J connectivity index is 2.06. The minimum absolute atomic E-state index is 0.508. The maximum absolute atomic E-state index is 8.46. The molecule has 1 saturated carbocycles. The molecular formula is C11H13N3. The summed E-state index contributed by atoms with van der Waals surface area (Å²) < 4.78 is 0. The lowest BCUT2D eigenvalue weighted by Crippen LogP contribution is -2.12. The van der Waals surface area contributed by atoms with E-state index < -0.39 is 0 Å². The maximum Gasteiger partial charge on any atom is 0.129 e. The van der Waals surface area contributed by atoms with E-state index >= 15 is 0 Å². The third kappa shape index (κ3) is 1.90. The van der Waals surface area contributed by atoms with Gasteiger partial charge in [0.15, 0.2) is 0 Å². The van der Waals surface area contributed by atoms with Crippen LogP contribution in [0.4, 0.5) is 0 Å². The first-order valence-corrected chi connectivity index (χ1v) is 5.09. The number of aryl methyl sites for hydroxylation is 1. The molecule has 0 unspecified atom stereocenters. The second-order valence-electron chi connectivity index (χ2n) is 3.68. The predicted molar refractivity (Wildman–Crippen MR) is 52.6 cm³/mol. The zero-order valence-electron chi connectivity index (χ0n) is 8.11. The maximum atomic E-state index is 8.46. The van der Waals surface area contributed by atoms with Crippen LogP contribution in [0, 0.1) is 11.3 Å². The molecule has 1 aromatic heterocycles. The van der Waals surface area contributed by atoms with Crippen LogP contribution in [0.1, 0.15) is 43.1 Å². The van der Waals surface area contributed by atoms with Crippen molar-refractivity contribution in [3.8, 4) is 6.07 Å². The van der Waals surface area contributed by atoms with E-state index in [9.17, 15) is 0 Å². The van der Waals surface area contributed by atoms with E-state index in [-0.39, 0.29) is 0 Å². The van der Waals surface area contributed by atoms with Crippen LogP contribution < -0.4 is 0 Å². The Labute approximate surface area is 83.8 Å². The monoisotopic (exact) mass is 187 g/mol. The zero-order valence-corrected chi connectivity index (χ0v) is 8.11. The van der Waals surface area contributed by atoms with E-state index in [1.54, 1.807) is 0 Å². The molecule has 3 nitrogen and oxygen atoms in total. The summed E-state index contributed by atoms with van der Waals surface area (Å²) in [6.07, 6.45) is 6.84. The molecule has 14 heavy (non-hydrogen) atoms. The van der Waals surface area contributed by atoms with Crippen LogP contribution in [-0.4, -0.2) is 9.97 Å². The summed E-state index contributed by atoms with van der Waals surface area (Å²) in [5, 5.41) is 8.46. The summed E-state index contributed by atoms with van der Waals surface area (Å²) in [4.78, 5) is 8.63. The van der Waals surface area contributed by atoms with Crippen LogP contribution in [0.3, 0.4) is 0 Å². The molecule has 1 fully saturated rings. The lowest BCUT2D eigenvalue weighted by Gasteiger charge is -2.24. The topological polar surface area (TPSA) is 49.6 Å². The van der Waals surface area contributed by atoms with Gasteiger partial charge in [0.05, 0.1) is 6.07 Å². The number of rotatable bonds is 3. The summed E-state index contributed by atoms with van der Waals surface area (Å²) in [6, 6.07) is 4.11. The Kier molecular flexibility index (Phi) is 2.73. The van der Waals surface area contributed by atoms with Crippen LogP contribution in [0.25, 0.3) is 0 Å². The third-order valence-electron chi connectivity index (χ3n) is 2.71. The number of hydrogen-bond donors (Lipinski definition) is 0. The standard InChI is InChI=1S/C11H13N3/c12-7-2-5-11-13-8-6-10(14-11)9-3-1-4-9/h6,8-9H,1-5H2. The molecule has 3 heteroatoms. The van der Waals surface area contributed by atoms with E-state index in [0.717, 1.165) is 5.82 Å². The van der Waals surface area contributed by atoms with Gasteiger partial charge in [0, 0.05) is 30.7 Å². The molecular weight excluding hydrogens is 174 g/mol. The van der Waals surface area contributed by atoms with Crippen molar-refractivity contribution >= 4 is 0 Å². The van der Waals surface area contributed by atoms with Gasteiger partial charge in [-0.3, -0.25) is 0 Å². The number of nitrogens with zero attached hydrogens (tertiary/aromatic N) is 3. The van der Waals surface area contributed by atoms with Gasteiger partial charge in [-0.05, 0) is 18.9 Å². The molecule has 1 aromatic rings. The Morgan fingerprint density at radius 2 is 2.36 bits per heavy atom. The molecule has 0 N–H and O–H groups in total. The molecule has 1 aliphatic carbocycles. The van der Waals surface area contributed by atoms with Gasteiger partial charge in [0.2, 0.25) is 0 Å². The quantitative estimate of drug-likeness (QED) is 0.728. The highest BCUT2D eigenvalue weighted by Crippen LogP contribution is 2.34. The minimum Gasteiger partial charge on any atom is -0.241 e. The van der Waals surface area contributed by atoms with Crippen molar-refractivity contribution < 1.29 is 0 Å². The molecule has 0 radical (unpaired) electrons. The first-order valence-electron chi connectivity index (χ1n) is 5.09. The predicted octanol–water partition coefficient (Wildman–Crippen LogP) is 2.20. The second kappa shape index (κ2) is 4.19. The summed E-state index contributed by atoms with van der Waals surface area (Å²) >= 11 is 0. The minimum atomic E-state index is 0.508. The molecule has 0 aliphatic heterocycles. The number of nitriles is 1. The molecule has 2 rings (SSSR count). The van der Waals surface area contributed by atoms with Gasteiger partial charge in [0.1, 0.15) is 5.82 Å². The van der Waals surface area contributed by atoms with Gasteiger partial charge in [-0.1, -0.05) is 6.42 Å². The Bertz CT molecular complexity index is 350. The van der Waals surface area contributed by atoms with Gasteiger partial charge in [0.25, 0.3) is 0 Å². The van der Waals surface area contributed by atoms with Crippen LogP contribution in [0.2, 0.25) is 0 Å². The van der Waals surface area contributed by atoms with Gasteiger partial charge < -0.3 is 0 Å². The zero-order chi connectivity index (χ0) is 9.80. The molecule has 1 heterocycles. The highest BCUT2D eigenvalue weighted by Gasteiger charge is 2.20. The molecule has 0 amide bonds. The first kappa shape index (κ1) is 9.14. The van der Waals surface area contributed by atoms with Crippen LogP contribution in [0.15, 0.2) is 12.3 Å². The number of hydrogen-bond acceptors (Lipinski definition) is 3. The molecule has 0 bridgehead atoms. The van der Waals surface area contributed by atoms with Crippen molar-refractivity contribution in [1.82, 2.24) is 9.97 Å². The fourth-order valence-electron chi connectivity index (χ4n) is 1.63. The molecule has 0 aromatic carbocycles. The van der Waals surface area contributed by atoms with E-state index in [1.165, 1.54) is 25.0 Å². The van der Waals surface area contributed by atoms with E-state index in [1.807, 2.05) is 12.3 Å². The molecule has 0 saturated heterocycles. The summed E-state index contributed by atoms with van der Waals surface area (Å²) in [5.74, 6) is 1.47. The second-order valence-corrected chi connectivity index (χ2v) is 3.68.